The van der Waals surface area contributed by atoms with E-state index in [1.807, 2.05) is 13.0 Å². The summed E-state index contributed by atoms with van der Waals surface area (Å²) in [6.45, 7) is 3.88. The zero-order valence-electron chi connectivity index (χ0n) is 9.70. The van der Waals surface area contributed by atoms with Crippen molar-refractivity contribution in [3.63, 3.8) is 0 Å². The molecule has 0 aliphatic rings. The third-order valence-electron chi connectivity index (χ3n) is 2.06. The van der Waals surface area contributed by atoms with E-state index in [1.165, 1.54) is 0 Å². The van der Waals surface area contributed by atoms with Gasteiger partial charge in [0, 0.05) is 10.1 Å². The Morgan fingerprint density at radius 1 is 1.47 bits per heavy atom. The second-order valence-corrected chi connectivity index (χ2v) is 4.70. The van der Waals surface area contributed by atoms with E-state index < -0.39 is 12.1 Å². The van der Waals surface area contributed by atoms with Gasteiger partial charge in [0.15, 0.2) is 6.10 Å². The Balaban J connectivity index is 2.63. The van der Waals surface area contributed by atoms with Gasteiger partial charge in [-0.15, -0.1) is 0 Å². The number of ether oxygens (including phenoxy) is 1. The van der Waals surface area contributed by atoms with Crippen molar-refractivity contribution in [1.82, 2.24) is 5.32 Å². The van der Waals surface area contributed by atoms with Crippen LogP contribution in [0.25, 0.3) is 0 Å². The van der Waals surface area contributed by atoms with Gasteiger partial charge in [-0.3, -0.25) is 4.79 Å². The third kappa shape index (κ3) is 4.33. The highest BCUT2D eigenvalue weighted by molar-refractivity contribution is 14.1. The molecule has 0 fully saturated rings. The second kappa shape index (κ2) is 6.58. The van der Waals surface area contributed by atoms with Crippen molar-refractivity contribution in [3.8, 4) is 0 Å². The van der Waals surface area contributed by atoms with Crippen molar-refractivity contribution in [1.29, 1.82) is 0 Å². The summed E-state index contributed by atoms with van der Waals surface area (Å²) in [6.07, 6.45) is -0.777. The standard InChI is InChI=1S/C12H14INO3/c1-3-14-11(15)8(2)17-12(16)9-5-4-6-10(13)7-9/h4-8H,3H2,1-2H3,(H,14,15)/t8-/m0/s1. The van der Waals surface area contributed by atoms with Crippen molar-refractivity contribution in [2.24, 2.45) is 0 Å². The van der Waals surface area contributed by atoms with Crippen LogP contribution in [0.3, 0.4) is 0 Å². The van der Waals surface area contributed by atoms with Gasteiger partial charge < -0.3 is 10.1 Å². The molecular formula is C12H14INO3. The summed E-state index contributed by atoms with van der Waals surface area (Å²) >= 11 is 2.11. The summed E-state index contributed by atoms with van der Waals surface area (Å²) in [5.74, 6) is -0.770. The lowest BCUT2D eigenvalue weighted by Gasteiger charge is -2.12. The fraction of sp³-hybridized carbons (Fsp3) is 0.333. The zero-order chi connectivity index (χ0) is 12.8. The number of carbonyl (C=O) groups is 2. The Kier molecular flexibility index (Phi) is 5.40. The van der Waals surface area contributed by atoms with Crippen molar-refractivity contribution >= 4 is 34.5 Å². The molecule has 0 aliphatic carbocycles. The first-order valence-electron chi connectivity index (χ1n) is 5.29. The molecule has 17 heavy (non-hydrogen) atoms. The van der Waals surface area contributed by atoms with Crippen molar-refractivity contribution < 1.29 is 14.3 Å². The molecule has 5 heteroatoms. The molecule has 1 aromatic carbocycles. The van der Waals surface area contributed by atoms with Gasteiger partial charge in [-0.2, -0.15) is 0 Å². The molecule has 1 atom stereocenters. The van der Waals surface area contributed by atoms with Gasteiger partial charge >= 0.3 is 5.97 Å². The first kappa shape index (κ1) is 14.0. The maximum atomic E-state index is 11.7. The van der Waals surface area contributed by atoms with Gasteiger partial charge in [-0.1, -0.05) is 6.07 Å². The lowest BCUT2D eigenvalue weighted by molar-refractivity contribution is -0.128. The van der Waals surface area contributed by atoms with Gasteiger partial charge in [0.25, 0.3) is 5.91 Å². The normalized spacial score (nSPS) is 11.7. The van der Waals surface area contributed by atoms with E-state index in [4.69, 9.17) is 4.74 Å². The number of carbonyl (C=O) groups excluding carboxylic acids is 2. The van der Waals surface area contributed by atoms with Crippen LogP contribution in [0.5, 0.6) is 0 Å². The smallest absolute Gasteiger partial charge is 0.338 e. The summed E-state index contributed by atoms with van der Waals surface area (Å²) in [7, 11) is 0. The van der Waals surface area contributed by atoms with E-state index >= 15 is 0 Å². The predicted octanol–water partition coefficient (Wildman–Crippen LogP) is 1.97. The van der Waals surface area contributed by atoms with E-state index in [0.717, 1.165) is 3.57 Å². The molecule has 0 heterocycles. The Hall–Kier alpha value is -1.11. The first-order valence-corrected chi connectivity index (χ1v) is 6.36. The van der Waals surface area contributed by atoms with Crippen LogP contribution in [0.15, 0.2) is 24.3 Å². The molecule has 0 unspecified atom stereocenters. The number of rotatable bonds is 4. The molecule has 4 nitrogen and oxygen atoms in total. The van der Waals surface area contributed by atoms with E-state index in [0.29, 0.717) is 12.1 Å². The number of benzene rings is 1. The van der Waals surface area contributed by atoms with Crippen molar-refractivity contribution in [2.75, 3.05) is 6.54 Å². The lowest BCUT2D eigenvalue weighted by atomic mass is 10.2. The second-order valence-electron chi connectivity index (χ2n) is 3.45. The van der Waals surface area contributed by atoms with E-state index in [1.54, 1.807) is 25.1 Å². The number of nitrogens with one attached hydrogen (secondary N) is 1. The molecule has 0 bridgehead atoms. The fourth-order valence-corrected chi connectivity index (χ4v) is 1.76. The Morgan fingerprint density at radius 3 is 2.76 bits per heavy atom. The Bertz CT molecular complexity index is 420. The number of esters is 1. The number of likely N-dealkylation sites (N-methyl/N-ethyl adjacent to an activating group) is 1. The highest BCUT2D eigenvalue weighted by Gasteiger charge is 2.17. The molecule has 1 aromatic rings. The molecule has 0 radical (unpaired) electrons. The molecule has 1 N–H and O–H groups in total. The van der Waals surface area contributed by atoms with Crippen molar-refractivity contribution in [2.45, 2.75) is 20.0 Å². The van der Waals surface area contributed by atoms with Crippen LogP contribution in [-0.4, -0.2) is 24.5 Å². The van der Waals surface area contributed by atoms with Crippen LogP contribution in [0.2, 0.25) is 0 Å². The number of hydrogen-bond acceptors (Lipinski definition) is 3. The summed E-state index contributed by atoms with van der Waals surface area (Å²) < 4.78 is 6.00. The molecule has 0 aromatic heterocycles. The van der Waals surface area contributed by atoms with Gasteiger partial charge in [-0.25, -0.2) is 4.79 Å². The van der Waals surface area contributed by atoms with E-state index in [2.05, 4.69) is 27.9 Å². The minimum Gasteiger partial charge on any atom is -0.449 e. The maximum Gasteiger partial charge on any atom is 0.338 e. The van der Waals surface area contributed by atoms with Crippen molar-refractivity contribution in [3.05, 3.63) is 33.4 Å². The molecule has 1 amide bonds. The first-order chi connectivity index (χ1) is 8.04. The topological polar surface area (TPSA) is 55.4 Å². The summed E-state index contributed by atoms with van der Waals surface area (Å²) in [5.41, 5.74) is 0.452. The molecule has 92 valence electrons. The number of amides is 1. The Labute approximate surface area is 114 Å². The molecular weight excluding hydrogens is 333 g/mol. The molecule has 0 spiro atoms. The quantitative estimate of drug-likeness (QED) is 0.669. The highest BCUT2D eigenvalue weighted by atomic mass is 127. The largest absolute Gasteiger partial charge is 0.449 e. The predicted molar refractivity (Wildman–Crippen MR) is 72.7 cm³/mol. The molecule has 0 aliphatic heterocycles. The lowest BCUT2D eigenvalue weighted by Crippen LogP contribution is -2.35. The van der Waals surface area contributed by atoms with Gasteiger partial charge in [-0.05, 0) is 54.6 Å². The summed E-state index contributed by atoms with van der Waals surface area (Å²) in [5, 5.41) is 2.60. The average molecular weight is 347 g/mol. The third-order valence-corrected chi connectivity index (χ3v) is 2.74. The van der Waals surface area contributed by atoms with E-state index in [-0.39, 0.29) is 5.91 Å². The summed E-state index contributed by atoms with van der Waals surface area (Å²) in [4.78, 5) is 23.1. The van der Waals surface area contributed by atoms with Crippen LogP contribution >= 0.6 is 22.6 Å². The molecule has 0 saturated heterocycles. The minimum absolute atomic E-state index is 0.286. The fourth-order valence-electron chi connectivity index (χ4n) is 1.22. The average Bonchev–Trinajstić information content (AvgIpc) is 2.29. The van der Waals surface area contributed by atoms with Crippen LogP contribution in [0.4, 0.5) is 0 Å². The minimum atomic E-state index is -0.777. The maximum absolute atomic E-state index is 11.7. The van der Waals surface area contributed by atoms with Crippen LogP contribution in [-0.2, 0) is 9.53 Å². The number of halogens is 1. The molecule has 0 saturated carbocycles. The van der Waals surface area contributed by atoms with Gasteiger partial charge in [0.1, 0.15) is 0 Å². The summed E-state index contributed by atoms with van der Waals surface area (Å²) in [6, 6.07) is 7.03. The number of hydrogen-bond donors (Lipinski definition) is 1. The molecule has 1 rings (SSSR count). The zero-order valence-corrected chi connectivity index (χ0v) is 11.9. The van der Waals surface area contributed by atoms with E-state index in [9.17, 15) is 9.59 Å². The van der Waals surface area contributed by atoms with Crippen LogP contribution in [0, 0.1) is 3.57 Å². The monoisotopic (exact) mass is 347 g/mol. The van der Waals surface area contributed by atoms with Gasteiger partial charge in [0.2, 0.25) is 0 Å². The highest BCUT2D eigenvalue weighted by Crippen LogP contribution is 2.10. The van der Waals surface area contributed by atoms with Gasteiger partial charge in [0.05, 0.1) is 5.56 Å². The van der Waals surface area contributed by atoms with Crippen LogP contribution < -0.4 is 5.32 Å². The SMILES string of the molecule is CCNC(=O)[C@H](C)OC(=O)c1cccc(I)c1. The Morgan fingerprint density at radius 2 is 2.18 bits per heavy atom. The van der Waals surface area contributed by atoms with Crippen LogP contribution in [0.1, 0.15) is 24.2 Å².